The van der Waals surface area contributed by atoms with Gasteiger partial charge >= 0.3 is 6.09 Å². The van der Waals surface area contributed by atoms with Crippen molar-refractivity contribution in [2.45, 2.75) is 32.6 Å². The van der Waals surface area contributed by atoms with Crippen molar-refractivity contribution in [3.05, 3.63) is 0 Å². The summed E-state index contributed by atoms with van der Waals surface area (Å²) < 4.78 is 5.15. The number of rotatable bonds is 5. The largest absolute Gasteiger partial charge is 0.449 e. The Morgan fingerprint density at radius 2 is 2.12 bits per heavy atom. The fraction of sp³-hybridized carbons (Fsp3) is 0.909. The topological polar surface area (TPSA) is 64.8 Å². The lowest BCUT2D eigenvalue weighted by atomic mass is 9.98. The molecule has 1 amide bonds. The molecular weight excluding hydrogens is 208 g/mol. The first-order chi connectivity index (χ1) is 7.77. The third-order valence-corrected chi connectivity index (χ3v) is 2.93. The van der Waals surface area contributed by atoms with Gasteiger partial charge in [-0.05, 0) is 25.2 Å². The van der Waals surface area contributed by atoms with Crippen LogP contribution in [0.4, 0.5) is 4.79 Å². The highest BCUT2D eigenvalue weighted by Crippen LogP contribution is 2.17. The maximum Gasteiger partial charge on any atom is 0.409 e. The molecule has 0 aromatic rings. The summed E-state index contributed by atoms with van der Waals surface area (Å²) in [7, 11) is 0. The van der Waals surface area contributed by atoms with E-state index >= 15 is 0 Å². The molecule has 1 fully saturated rings. The van der Waals surface area contributed by atoms with Crippen molar-refractivity contribution in [1.82, 2.24) is 4.90 Å². The second kappa shape index (κ2) is 7.46. The van der Waals surface area contributed by atoms with E-state index in [1.807, 2.05) is 0 Å². The van der Waals surface area contributed by atoms with Crippen molar-refractivity contribution in [2.24, 2.45) is 11.8 Å². The highest BCUT2D eigenvalue weighted by Gasteiger charge is 2.23. The van der Waals surface area contributed by atoms with Crippen molar-refractivity contribution in [3.63, 3.8) is 0 Å². The van der Waals surface area contributed by atoms with E-state index in [0.717, 1.165) is 38.8 Å². The molecule has 1 aliphatic rings. The number of ether oxygens (including phenoxy) is 1. The fourth-order valence-electron chi connectivity index (χ4n) is 1.81. The number of nitrogens with two attached hydrogens (primary N) is 1. The summed E-state index contributed by atoms with van der Waals surface area (Å²) in [4.78, 5) is 18.0. The number of unbranched alkanes of at least 4 members (excludes halogenated alkanes) is 1. The van der Waals surface area contributed by atoms with Crippen LogP contribution in [-0.2, 0) is 9.57 Å². The van der Waals surface area contributed by atoms with Crippen molar-refractivity contribution in [1.29, 1.82) is 0 Å². The molecule has 94 valence electrons. The van der Waals surface area contributed by atoms with Crippen LogP contribution in [-0.4, -0.2) is 37.3 Å². The minimum atomic E-state index is -0.180. The number of carbonyl (C=O) groups is 1. The molecule has 16 heavy (non-hydrogen) atoms. The SMILES string of the molecule is CCCCOC(=O)N1CCC(CON)CC1. The van der Waals surface area contributed by atoms with Crippen LogP contribution < -0.4 is 5.90 Å². The van der Waals surface area contributed by atoms with Gasteiger partial charge in [0.25, 0.3) is 0 Å². The number of hydrogen-bond donors (Lipinski definition) is 1. The Balaban J connectivity index is 2.17. The first-order valence-corrected chi connectivity index (χ1v) is 6.01. The van der Waals surface area contributed by atoms with E-state index in [0.29, 0.717) is 19.1 Å². The molecule has 1 heterocycles. The fourth-order valence-corrected chi connectivity index (χ4v) is 1.81. The van der Waals surface area contributed by atoms with Crippen LogP contribution in [0.5, 0.6) is 0 Å². The lowest BCUT2D eigenvalue weighted by Gasteiger charge is -2.30. The van der Waals surface area contributed by atoms with Crippen LogP contribution >= 0.6 is 0 Å². The van der Waals surface area contributed by atoms with E-state index in [-0.39, 0.29) is 6.09 Å². The van der Waals surface area contributed by atoms with E-state index in [2.05, 4.69) is 11.8 Å². The van der Waals surface area contributed by atoms with E-state index in [1.165, 1.54) is 0 Å². The second-order valence-corrected chi connectivity index (χ2v) is 4.23. The Kier molecular flexibility index (Phi) is 6.18. The highest BCUT2D eigenvalue weighted by atomic mass is 16.6. The summed E-state index contributed by atoms with van der Waals surface area (Å²) in [6.45, 7) is 4.68. The van der Waals surface area contributed by atoms with Gasteiger partial charge < -0.3 is 14.5 Å². The van der Waals surface area contributed by atoms with Crippen LogP contribution in [0.2, 0.25) is 0 Å². The van der Waals surface area contributed by atoms with Gasteiger partial charge in [-0.25, -0.2) is 10.7 Å². The van der Waals surface area contributed by atoms with Gasteiger partial charge in [0.1, 0.15) is 0 Å². The predicted molar refractivity (Wildman–Crippen MR) is 60.7 cm³/mol. The van der Waals surface area contributed by atoms with E-state index in [9.17, 15) is 4.79 Å². The molecule has 0 radical (unpaired) electrons. The summed E-state index contributed by atoms with van der Waals surface area (Å²) in [6, 6.07) is 0. The van der Waals surface area contributed by atoms with E-state index in [4.69, 9.17) is 10.6 Å². The van der Waals surface area contributed by atoms with E-state index in [1.54, 1.807) is 4.90 Å². The molecule has 0 saturated carbocycles. The quantitative estimate of drug-likeness (QED) is 0.574. The van der Waals surface area contributed by atoms with Crippen molar-refractivity contribution >= 4 is 6.09 Å². The molecule has 1 saturated heterocycles. The summed E-state index contributed by atoms with van der Waals surface area (Å²) >= 11 is 0. The second-order valence-electron chi connectivity index (χ2n) is 4.23. The molecule has 1 aliphatic heterocycles. The zero-order valence-electron chi connectivity index (χ0n) is 9.98. The Labute approximate surface area is 96.8 Å². The Morgan fingerprint density at radius 1 is 1.44 bits per heavy atom. The van der Waals surface area contributed by atoms with Crippen molar-refractivity contribution in [2.75, 3.05) is 26.3 Å². The van der Waals surface area contributed by atoms with Crippen LogP contribution in [0.25, 0.3) is 0 Å². The van der Waals surface area contributed by atoms with Crippen LogP contribution in [0, 0.1) is 5.92 Å². The summed E-state index contributed by atoms with van der Waals surface area (Å²) in [5.41, 5.74) is 0. The average molecular weight is 230 g/mol. The molecule has 0 aliphatic carbocycles. The van der Waals surface area contributed by atoms with Crippen molar-refractivity contribution < 1.29 is 14.4 Å². The normalized spacial score (nSPS) is 17.5. The van der Waals surface area contributed by atoms with Gasteiger partial charge in [0.15, 0.2) is 0 Å². The zero-order chi connectivity index (χ0) is 11.8. The molecule has 0 aromatic heterocycles. The monoisotopic (exact) mass is 230 g/mol. The smallest absolute Gasteiger partial charge is 0.409 e. The maximum atomic E-state index is 11.6. The number of hydrogen-bond acceptors (Lipinski definition) is 4. The summed E-state index contributed by atoms with van der Waals surface area (Å²) in [5, 5.41) is 0. The van der Waals surface area contributed by atoms with Gasteiger partial charge in [-0.1, -0.05) is 13.3 Å². The molecule has 5 nitrogen and oxygen atoms in total. The molecule has 0 aromatic carbocycles. The number of nitrogens with zero attached hydrogens (tertiary/aromatic N) is 1. The van der Waals surface area contributed by atoms with Crippen LogP contribution in [0.15, 0.2) is 0 Å². The van der Waals surface area contributed by atoms with Gasteiger partial charge in [0, 0.05) is 13.1 Å². The number of likely N-dealkylation sites (tertiary alicyclic amines) is 1. The third-order valence-electron chi connectivity index (χ3n) is 2.93. The lowest BCUT2D eigenvalue weighted by molar-refractivity contribution is 0.0549. The van der Waals surface area contributed by atoms with Crippen LogP contribution in [0.3, 0.4) is 0 Å². The molecule has 0 unspecified atom stereocenters. The minimum absolute atomic E-state index is 0.180. The average Bonchev–Trinajstić information content (AvgIpc) is 2.30. The van der Waals surface area contributed by atoms with Gasteiger partial charge in [-0.15, -0.1) is 0 Å². The Bertz CT molecular complexity index is 203. The highest BCUT2D eigenvalue weighted by molar-refractivity contribution is 5.67. The minimum Gasteiger partial charge on any atom is -0.449 e. The molecule has 0 spiro atoms. The number of piperidine rings is 1. The Hall–Kier alpha value is -0.810. The predicted octanol–water partition coefficient (Wildman–Crippen LogP) is 1.53. The van der Waals surface area contributed by atoms with Gasteiger partial charge in [0.2, 0.25) is 0 Å². The summed E-state index contributed by atoms with van der Waals surface area (Å²) in [6.07, 6.45) is 3.69. The van der Waals surface area contributed by atoms with Crippen molar-refractivity contribution in [3.8, 4) is 0 Å². The number of amides is 1. The Morgan fingerprint density at radius 3 is 2.69 bits per heavy atom. The molecular formula is C11H22N2O3. The number of carbonyl (C=O) groups excluding carboxylic acids is 1. The van der Waals surface area contributed by atoms with Gasteiger partial charge in [-0.2, -0.15) is 0 Å². The van der Waals surface area contributed by atoms with Gasteiger partial charge in [-0.3, -0.25) is 0 Å². The standard InChI is InChI=1S/C11H22N2O3/c1-2-3-8-15-11(14)13-6-4-10(5-7-13)9-16-12/h10H,2-9,12H2,1H3. The summed E-state index contributed by atoms with van der Waals surface area (Å²) in [5.74, 6) is 5.51. The first kappa shape index (κ1) is 13.3. The molecule has 0 bridgehead atoms. The van der Waals surface area contributed by atoms with Crippen LogP contribution in [0.1, 0.15) is 32.6 Å². The maximum absolute atomic E-state index is 11.6. The molecule has 1 rings (SSSR count). The van der Waals surface area contributed by atoms with E-state index < -0.39 is 0 Å². The van der Waals surface area contributed by atoms with Gasteiger partial charge in [0.05, 0.1) is 13.2 Å². The molecule has 2 N–H and O–H groups in total. The zero-order valence-corrected chi connectivity index (χ0v) is 9.98. The third kappa shape index (κ3) is 4.37. The first-order valence-electron chi connectivity index (χ1n) is 6.01. The lowest BCUT2D eigenvalue weighted by Crippen LogP contribution is -2.40. The molecule has 5 heteroatoms. The molecule has 0 atom stereocenters.